The fraction of sp³-hybridized carbons (Fsp3) is 0.160. The summed E-state index contributed by atoms with van der Waals surface area (Å²) in [5.41, 5.74) is 2.60. The average molecular weight is 493 g/mol. The van der Waals surface area contributed by atoms with Gasteiger partial charge in [0.2, 0.25) is 0 Å². The number of ketones is 1. The molecule has 1 saturated heterocycles. The van der Waals surface area contributed by atoms with Gasteiger partial charge in [-0.3, -0.25) is 19.5 Å². The van der Waals surface area contributed by atoms with Crippen LogP contribution in [0.15, 0.2) is 77.0 Å². The Bertz CT molecular complexity index is 1210. The van der Waals surface area contributed by atoms with E-state index in [4.69, 9.17) is 4.74 Å². The number of hydrogen-bond donors (Lipinski definition) is 1. The highest BCUT2D eigenvalue weighted by molar-refractivity contribution is 9.10. The highest BCUT2D eigenvalue weighted by Crippen LogP contribution is 2.42. The smallest absolute Gasteiger partial charge is 0.300 e. The van der Waals surface area contributed by atoms with Crippen molar-refractivity contribution in [3.8, 4) is 5.75 Å². The molecule has 1 aliphatic rings. The van der Waals surface area contributed by atoms with Crippen molar-refractivity contribution in [1.82, 2.24) is 4.98 Å². The van der Waals surface area contributed by atoms with Crippen molar-refractivity contribution in [3.63, 3.8) is 0 Å². The van der Waals surface area contributed by atoms with Gasteiger partial charge in [-0.25, -0.2) is 0 Å². The standard InChI is InChI=1S/C25H21BrN2O4/c1-3-32-19-7-5-18(6-8-19)28-22(16-10-12-27-13-11-16)21(24(30)25(28)31)23(29)17-4-9-20(26)15(2)14-17/h4-14,22,29H,3H2,1-2H3/b23-21-. The number of amides is 1. The molecular weight excluding hydrogens is 472 g/mol. The number of carbonyl (C=O) groups is 2. The van der Waals surface area contributed by atoms with Gasteiger partial charge < -0.3 is 9.84 Å². The van der Waals surface area contributed by atoms with Crippen molar-refractivity contribution in [3.05, 3.63) is 93.7 Å². The Kier molecular flexibility index (Phi) is 6.10. The molecule has 1 unspecified atom stereocenters. The van der Waals surface area contributed by atoms with E-state index in [0.29, 0.717) is 29.2 Å². The maximum atomic E-state index is 13.2. The number of pyridine rings is 1. The van der Waals surface area contributed by atoms with Gasteiger partial charge >= 0.3 is 0 Å². The van der Waals surface area contributed by atoms with Gasteiger partial charge in [0, 0.05) is 28.1 Å². The van der Waals surface area contributed by atoms with E-state index in [1.54, 1.807) is 67.0 Å². The van der Waals surface area contributed by atoms with Crippen molar-refractivity contribution in [1.29, 1.82) is 0 Å². The molecule has 1 fully saturated rings. The van der Waals surface area contributed by atoms with Crippen LogP contribution in [0.2, 0.25) is 0 Å². The summed E-state index contributed by atoms with van der Waals surface area (Å²) in [6.07, 6.45) is 3.19. The minimum atomic E-state index is -0.792. The molecule has 32 heavy (non-hydrogen) atoms. The van der Waals surface area contributed by atoms with E-state index in [2.05, 4.69) is 20.9 Å². The zero-order valence-corrected chi connectivity index (χ0v) is 19.2. The zero-order valence-electron chi connectivity index (χ0n) is 17.6. The van der Waals surface area contributed by atoms with Crippen LogP contribution in [0.3, 0.4) is 0 Å². The van der Waals surface area contributed by atoms with Crippen molar-refractivity contribution >= 4 is 39.1 Å². The van der Waals surface area contributed by atoms with Crippen LogP contribution < -0.4 is 9.64 Å². The maximum absolute atomic E-state index is 13.2. The first-order valence-corrected chi connectivity index (χ1v) is 10.9. The molecule has 1 amide bonds. The van der Waals surface area contributed by atoms with Crippen LogP contribution in [0.4, 0.5) is 5.69 Å². The molecule has 4 rings (SSSR count). The normalized spacial score (nSPS) is 17.6. The van der Waals surface area contributed by atoms with Crippen molar-refractivity contribution in [2.45, 2.75) is 19.9 Å². The van der Waals surface area contributed by atoms with Crippen molar-refractivity contribution < 1.29 is 19.4 Å². The molecule has 3 aromatic rings. The number of benzene rings is 2. The number of anilines is 1. The molecule has 0 bridgehead atoms. The summed E-state index contributed by atoms with van der Waals surface area (Å²) < 4.78 is 6.37. The van der Waals surface area contributed by atoms with Gasteiger partial charge in [-0.1, -0.05) is 22.0 Å². The average Bonchev–Trinajstić information content (AvgIpc) is 3.07. The van der Waals surface area contributed by atoms with E-state index in [1.165, 1.54) is 4.90 Å². The number of aliphatic hydroxyl groups is 1. The third-order valence-corrected chi connectivity index (χ3v) is 6.21. The number of ether oxygens (including phenoxy) is 1. The van der Waals surface area contributed by atoms with Crippen molar-refractivity contribution in [2.24, 2.45) is 0 Å². The number of hydrogen-bond acceptors (Lipinski definition) is 5. The summed E-state index contributed by atoms with van der Waals surface area (Å²) in [4.78, 5) is 31.7. The molecule has 7 heteroatoms. The fourth-order valence-electron chi connectivity index (χ4n) is 3.78. The molecule has 2 heterocycles. The van der Waals surface area contributed by atoms with E-state index in [1.807, 2.05) is 13.8 Å². The van der Waals surface area contributed by atoms with Gasteiger partial charge in [-0.15, -0.1) is 0 Å². The van der Waals surface area contributed by atoms with Gasteiger partial charge in [0.1, 0.15) is 11.5 Å². The lowest BCUT2D eigenvalue weighted by molar-refractivity contribution is -0.132. The predicted molar refractivity (Wildman–Crippen MR) is 126 cm³/mol. The predicted octanol–water partition coefficient (Wildman–Crippen LogP) is 5.18. The Labute approximate surface area is 194 Å². The number of carbonyl (C=O) groups excluding carboxylic acids is 2. The third-order valence-electron chi connectivity index (χ3n) is 5.32. The Morgan fingerprint density at radius 2 is 1.78 bits per heavy atom. The Morgan fingerprint density at radius 3 is 2.41 bits per heavy atom. The minimum Gasteiger partial charge on any atom is -0.507 e. The number of halogens is 1. The number of Topliss-reactive ketones (excluding diaryl/α,β-unsaturated/α-hetero) is 1. The first-order valence-electron chi connectivity index (χ1n) is 10.1. The topological polar surface area (TPSA) is 79.7 Å². The first-order chi connectivity index (χ1) is 15.4. The zero-order chi connectivity index (χ0) is 22.8. The summed E-state index contributed by atoms with van der Waals surface area (Å²) in [5.74, 6) is -0.988. The Morgan fingerprint density at radius 1 is 1.09 bits per heavy atom. The molecule has 1 aliphatic heterocycles. The largest absolute Gasteiger partial charge is 0.507 e. The number of nitrogens with zero attached hydrogens (tertiary/aromatic N) is 2. The molecule has 1 atom stereocenters. The Balaban J connectivity index is 1.88. The number of rotatable bonds is 5. The van der Waals surface area contributed by atoms with Gasteiger partial charge in [0.15, 0.2) is 0 Å². The SMILES string of the molecule is CCOc1ccc(N2C(=O)C(=O)/C(=C(\O)c3ccc(Br)c(C)c3)C2c2ccncc2)cc1. The second kappa shape index (κ2) is 8.96. The van der Waals surface area contributed by atoms with Gasteiger partial charge in [0.05, 0.1) is 18.2 Å². The van der Waals surface area contributed by atoms with Crippen LogP contribution in [-0.2, 0) is 9.59 Å². The maximum Gasteiger partial charge on any atom is 0.300 e. The fourth-order valence-corrected chi connectivity index (χ4v) is 4.02. The number of aromatic nitrogens is 1. The summed E-state index contributed by atoms with van der Waals surface area (Å²) in [7, 11) is 0. The molecule has 2 aromatic carbocycles. The highest BCUT2D eigenvalue weighted by atomic mass is 79.9. The molecule has 0 radical (unpaired) electrons. The van der Waals surface area contributed by atoms with Crippen molar-refractivity contribution in [2.75, 3.05) is 11.5 Å². The number of aryl methyl sites for hydroxylation is 1. The molecule has 0 spiro atoms. The summed E-state index contributed by atoms with van der Waals surface area (Å²) >= 11 is 3.44. The third kappa shape index (κ3) is 3.91. The lowest BCUT2D eigenvalue weighted by Crippen LogP contribution is -2.29. The second-order valence-corrected chi connectivity index (χ2v) is 8.19. The van der Waals surface area contributed by atoms with E-state index in [9.17, 15) is 14.7 Å². The van der Waals surface area contributed by atoms with Crippen LogP contribution in [-0.4, -0.2) is 28.4 Å². The van der Waals surface area contributed by atoms with E-state index < -0.39 is 17.7 Å². The van der Waals surface area contributed by atoms with E-state index >= 15 is 0 Å². The van der Waals surface area contributed by atoms with Crippen LogP contribution >= 0.6 is 15.9 Å². The van der Waals surface area contributed by atoms with Crippen LogP contribution in [0, 0.1) is 6.92 Å². The Hall–Kier alpha value is -3.45. The lowest BCUT2D eigenvalue weighted by atomic mass is 9.95. The molecule has 162 valence electrons. The van der Waals surface area contributed by atoms with Crippen LogP contribution in [0.1, 0.15) is 29.7 Å². The van der Waals surface area contributed by atoms with E-state index in [-0.39, 0.29) is 11.3 Å². The first kappa shape index (κ1) is 21.8. The summed E-state index contributed by atoms with van der Waals surface area (Å²) in [5, 5.41) is 11.2. The number of aliphatic hydroxyl groups excluding tert-OH is 1. The molecule has 1 N–H and O–H groups in total. The van der Waals surface area contributed by atoms with Gasteiger partial charge in [-0.2, -0.15) is 0 Å². The lowest BCUT2D eigenvalue weighted by Gasteiger charge is -2.25. The molecule has 0 saturated carbocycles. The van der Waals surface area contributed by atoms with Gasteiger partial charge in [-0.05, 0) is 73.5 Å². The monoisotopic (exact) mass is 492 g/mol. The van der Waals surface area contributed by atoms with E-state index in [0.717, 1.165) is 10.0 Å². The molecule has 1 aromatic heterocycles. The highest BCUT2D eigenvalue weighted by Gasteiger charge is 2.47. The van der Waals surface area contributed by atoms with Crippen LogP contribution in [0.5, 0.6) is 5.75 Å². The molecule has 6 nitrogen and oxygen atoms in total. The minimum absolute atomic E-state index is 0.0387. The second-order valence-electron chi connectivity index (χ2n) is 7.34. The molecule has 0 aliphatic carbocycles. The summed E-state index contributed by atoms with van der Waals surface area (Å²) in [6, 6.07) is 14.9. The quantitative estimate of drug-likeness (QED) is 0.301. The molecular formula is C25H21BrN2O4. The van der Waals surface area contributed by atoms with Gasteiger partial charge in [0.25, 0.3) is 11.7 Å². The van der Waals surface area contributed by atoms with Crippen LogP contribution in [0.25, 0.3) is 5.76 Å². The summed E-state index contributed by atoms with van der Waals surface area (Å²) in [6.45, 7) is 4.30.